The first-order chi connectivity index (χ1) is 14.2. The zero-order valence-corrected chi connectivity index (χ0v) is 15.9. The lowest BCUT2D eigenvalue weighted by Gasteiger charge is -2.12. The van der Waals surface area contributed by atoms with E-state index in [2.05, 4.69) is 4.98 Å². The fraction of sp³-hybridized carbons (Fsp3) is 0.136. The number of alkyl halides is 3. The molecule has 2 N–H and O–H groups in total. The molecule has 1 heterocycles. The van der Waals surface area contributed by atoms with Gasteiger partial charge in [0.1, 0.15) is 5.75 Å². The van der Waals surface area contributed by atoms with Crippen LogP contribution in [-0.4, -0.2) is 16.7 Å². The third kappa shape index (κ3) is 4.65. The van der Waals surface area contributed by atoms with Gasteiger partial charge in [-0.05, 0) is 54.1 Å². The number of ether oxygens (including phenoxy) is 1. The molecule has 0 saturated heterocycles. The number of amides is 1. The van der Waals surface area contributed by atoms with Gasteiger partial charge in [-0.25, -0.2) is 4.98 Å². The summed E-state index contributed by atoms with van der Waals surface area (Å²) in [5.41, 5.74) is 5.23. The van der Waals surface area contributed by atoms with Crippen molar-refractivity contribution in [2.45, 2.75) is 19.5 Å². The van der Waals surface area contributed by atoms with Gasteiger partial charge in [-0.1, -0.05) is 6.92 Å². The molecule has 3 aromatic rings. The Bertz CT molecular complexity index is 1080. The monoisotopic (exact) mass is 414 g/mol. The van der Waals surface area contributed by atoms with Gasteiger partial charge in [-0.2, -0.15) is 13.2 Å². The summed E-state index contributed by atoms with van der Waals surface area (Å²) in [6.07, 6.45) is -2.87. The van der Waals surface area contributed by atoms with Crippen LogP contribution in [0.3, 0.4) is 0 Å². The quantitative estimate of drug-likeness (QED) is 0.559. The molecule has 2 aromatic carbocycles. The summed E-state index contributed by atoms with van der Waals surface area (Å²) in [6.45, 7) is 1.77. The predicted molar refractivity (Wildman–Crippen MR) is 104 cm³/mol. The molecule has 0 atom stereocenters. The summed E-state index contributed by atoms with van der Waals surface area (Å²) < 4.78 is 44.8. The van der Waals surface area contributed by atoms with Crippen molar-refractivity contribution < 1.29 is 27.5 Å². The van der Waals surface area contributed by atoms with Crippen molar-refractivity contribution in [2.24, 2.45) is 5.73 Å². The van der Waals surface area contributed by atoms with Crippen LogP contribution in [0.25, 0.3) is 11.1 Å². The third-order valence-electron chi connectivity index (χ3n) is 4.38. The van der Waals surface area contributed by atoms with Crippen LogP contribution < -0.4 is 10.5 Å². The Morgan fingerprint density at radius 3 is 2.27 bits per heavy atom. The molecule has 1 amide bonds. The number of Topliss-reactive ketones (excluding diaryl/α,β-unsaturated/α-hetero) is 1. The highest BCUT2D eigenvalue weighted by molar-refractivity contribution is 6.00. The molecule has 0 unspecified atom stereocenters. The average molecular weight is 414 g/mol. The standard InChI is InChI=1S/C22H17F3N2O3/c1-2-19(28)13-3-7-16(8-4-13)30-20-10-5-14(12-27-20)18-11-15(22(23,24)25)6-9-17(18)21(26)29/h3-12H,2H2,1H3,(H2,26,29). The molecule has 5 nitrogen and oxygen atoms in total. The van der Waals surface area contributed by atoms with Crippen molar-refractivity contribution in [1.29, 1.82) is 0 Å². The molecule has 0 radical (unpaired) electrons. The molecule has 0 aliphatic rings. The van der Waals surface area contributed by atoms with E-state index in [0.717, 1.165) is 18.2 Å². The number of carbonyl (C=O) groups is 2. The van der Waals surface area contributed by atoms with Gasteiger partial charge >= 0.3 is 6.18 Å². The van der Waals surface area contributed by atoms with Crippen molar-refractivity contribution in [1.82, 2.24) is 4.98 Å². The number of nitrogens with zero attached hydrogens (tertiary/aromatic N) is 1. The summed E-state index contributed by atoms with van der Waals surface area (Å²) in [4.78, 5) is 27.4. The summed E-state index contributed by atoms with van der Waals surface area (Å²) in [6, 6.07) is 12.2. The number of benzene rings is 2. The highest BCUT2D eigenvalue weighted by Gasteiger charge is 2.31. The first-order valence-electron chi connectivity index (χ1n) is 8.97. The summed E-state index contributed by atoms with van der Waals surface area (Å²) in [7, 11) is 0. The Balaban J connectivity index is 1.87. The Hall–Kier alpha value is -3.68. The first kappa shape index (κ1) is 21.0. The fourth-order valence-corrected chi connectivity index (χ4v) is 2.81. The Morgan fingerprint density at radius 1 is 1.03 bits per heavy atom. The molecule has 0 spiro atoms. The van der Waals surface area contributed by atoms with Crippen molar-refractivity contribution in [3.05, 3.63) is 77.5 Å². The van der Waals surface area contributed by atoms with Crippen LogP contribution in [0.15, 0.2) is 60.8 Å². The number of hydrogen-bond acceptors (Lipinski definition) is 4. The highest BCUT2D eigenvalue weighted by Crippen LogP contribution is 2.34. The van der Waals surface area contributed by atoms with Gasteiger partial charge in [0.05, 0.1) is 5.56 Å². The van der Waals surface area contributed by atoms with Gasteiger partial charge in [0.2, 0.25) is 11.8 Å². The van der Waals surface area contributed by atoms with Crippen LogP contribution in [0.5, 0.6) is 11.6 Å². The van der Waals surface area contributed by atoms with Gasteiger partial charge in [-0.3, -0.25) is 9.59 Å². The predicted octanol–water partition coefficient (Wildman–Crippen LogP) is 5.25. The minimum Gasteiger partial charge on any atom is -0.439 e. The lowest BCUT2D eigenvalue weighted by atomic mass is 9.98. The van der Waals surface area contributed by atoms with E-state index in [9.17, 15) is 22.8 Å². The van der Waals surface area contributed by atoms with E-state index in [1.54, 1.807) is 31.2 Å². The van der Waals surface area contributed by atoms with E-state index < -0.39 is 17.6 Å². The normalized spacial score (nSPS) is 11.2. The summed E-state index contributed by atoms with van der Waals surface area (Å²) in [5.74, 6) is -0.197. The molecule has 3 rings (SSSR count). The number of hydrogen-bond donors (Lipinski definition) is 1. The van der Waals surface area contributed by atoms with Gasteiger partial charge in [0.15, 0.2) is 5.78 Å². The van der Waals surface area contributed by atoms with E-state index in [1.165, 1.54) is 18.3 Å². The average Bonchev–Trinajstić information content (AvgIpc) is 2.73. The second-order valence-electron chi connectivity index (χ2n) is 6.41. The molecule has 0 fully saturated rings. The molecular weight excluding hydrogens is 397 g/mol. The molecule has 0 bridgehead atoms. The second-order valence-corrected chi connectivity index (χ2v) is 6.41. The van der Waals surface area contributed by atoms with Crippen LogP contribution in [0.2, 0.25) is 0 Å². The number of carbonyl (C=O) groups excluding carboxylic acids is 2. The summed E-state index contributed by atoms with van der Waals surface area (Å²) >= 11 is 0. The maximum atomic E-state index is 13.1. The molecule has 30 heavy (non-hydrogen) atoms. The molecule has 0 aliphatic heterocycles. The van der Waals surface area contributed by atoms with E-state index in [0.29, 0.717) is 17.7 Å². The first-order valence-corrected chi connectivity index (χ1v) is 8.97. The summed E-state index contributed by atoms with van der Waals surface area (Å²) in [5, 5.41) is 0. The van der Waals surface area contributed by atoms with Gasteiger partial charge in [-0.15, -0.1) is 0 Å². The molecular formula is C22H17F3N2O3. The maximum absolute atomic E-state index is 13.1. The van der Waals surface area contributed by atoms with Gasteiger partial charge < -0.3 is 10.5 Å². The highest BCUT2D eigenvalue weighted by atomic mass is 19.4. The van der Waals surface area contributed by atoms with E-state index >= 15 is 0 Å². The molecule has 0 aliphatic carbocycles. The number of rotatable bonds is 6. The van der Waals surface area contributed by atoms with Gasteiger partial charge in [0, 0.05) is 35.4 Å². The van der Waals surface area contributed by atoms with Crippen LogP contribution in [0, 0.1) is 0 Å². The molecule has 8 heteroatoms. The Morgan fingerprint density at radius 2 is 1.73 bits per heavy atom. The SMILES string of the molecule is CCC(=O)c1ccc(Oc2ccc(-c3cc(C(F)(F)F)ccc3C(N)=O)cn2)cc1. The smallest absolute Gasteiger partial charge is 0.416 e. The van der Waals surface area contributed by atoms with Crippen LogP contribution in [0.4, 0.5) is 13.2 Å². The Kier molecular flexibility index (Phi) is 5.86. The van der Waals surface area contributed by atoms with Crippen LogP contribution in [-0.2, 0) is 6.18 Å². The van der Waals surface area contributed by atoms with Crippen LogP contribution in [0.1, 0.15) is 39.6 Å². The number of nitrogens with two attached hydrogens (primary N) is 1. The topological polar surface area (TPSA) is 82.3 Å². The number of ketones is 1. The lowest BCUT2D eigenvalue weighted by Crippen LogP contribution is -2.14. The van der Waals surface area contributed by atoms with Crippen molar-refractivity contribution in [3.63, 3.8) is 0 Å². The van der Waals surface area contributed by atoms with E-state index in [1.807, 2.05) is 0 Å². The van der Waals surface area contributed by atoms with Crippen molar-refractivity contribution >= 4 is 11.7 Å². The van der Waals surface area contributed by atoms with Crippen molar-refractivity contribution in [2.75, 3.05) is 0 Å². The molecule has 1 aromatic heterocycles. The zero-order valence-electron chi connectivity index (χ0n) is 15.9. The Labute approximate surface area is 170 Å². The minimum atomic E-state index is -4.56. The van der Waals surface area contributed by atoms with E-state index in [-0.39, 0.29) is 28.4 Å². The number of primary amides is 1. The third-order valence-corrected chi connectivity index (χ3v) is 4.38. The second kappa shape index (κ2) is 8.36. The lowest BCUT2D eigenvalue weighted by molar-refractivity contribution is -0.137. The number of pyridine rings is 1. The number of halogens is 3. The fourth-order valence-electron chi connectivity index (χ4n) is 2.81. The minimum absolute atomic E-state index is 0.00960. The van der Waals surface area contributed by atoms with E-state index in [4.69, 9.17) is 10.5 Å². The number of aromatic nitrogens is 1. The largest absolute Gasteiger partial charge is 0.439 e. The molecule has 154 valence electrons. The van der Waals surface area contributed by atoms with Gasteiger partial charge in [0.25, 0.3) is 0 Å². The zero-order chi connectivity index (χ0) is 21.9. The van der Waals surface area contributed by atoms with Crippen molar-refractivity contribution in [3.8, 4) is 22.8 Å². The molecule has 0 saturated carbocycles. The van der Waals surface area contributed by atoms with Crippen LogP contribution >= 0.6 is 0 Å². The maximum Gasteiger partial charge on any atom is 0.416 e.